The number of para-hydroxylation sites is 2. The number of nitrogens with zero attached hydrogens (tertiary/aromatic N) is 3. The number of amides is 1. The van der Waals surface area contributed by atoms with Crippen LogP contribution in [0.2, 0.25) is 0 Å². The van der Waals surface area contributed by atoms with E-state index in [1.165, 1.54) is 29.7 Å². The first-order valence-corrected chi connectivity index (χ1v) is 12.5. The highest BCUT2D eigenvalue weighted by Gasteiger charge is 2.20. The van der Waals surface area contributed by atoms with Crippen molar-refractivity contribution in [3.05, 3.63) is 59.6 Å². The predicted octanol–water partition coefficient (Wildman–Crippen LogP) is 2.72. The molecule has 3 aromatic rings. The zero-order valence-corrected chi connectivity index (χ0v) is 19.5. The molecule has 4 rings (SSSR count). The Morgan fingerprint density at radius 2 is 1.88 bits per heavy atom. The molecule has 2 aromatic carbocycles. The molecule has 2 N–H and O–H groups in total. The highest BCUT2D eigenvalue weighted by molar-refractivity contribution is 7.89. The van der Waals surface area contributed by atoms with E-state index in [2.05, 4.69) is 20.5 Å². The van der Waals surface area contributed by atoms with E-state index < -0.39 is 10.0 Å². The van der Waals surface area contributed by atoms with Crippen LogP contribution in [0, 0.1) is 0 Å². The molecule has 1 aliphatic rings. The smallest absolute Gasteiger partial charge is 0.275 e. The normalized spacial score (nSPS) is 14.5. The molecule has 1 aromatic heterocycles. The molecule has 8 nitrogen and oxygen atoms in total. The molecule has 2 heterocycles. The number of anilines is 2. The molecule has 0 radical (unpaired) electrons. The van der Waals surface area contributed by atoms with Crippen LogP contribution in [-0.4, -0.2) is 63.9 Å². The quantitative estimate of drug-likeness (QED) is 0.574. The summed E-state index contributed by atoms with van der Waals surface area (Å²) in [7, 11) is -0.567. The fourth-order valence-corrected chi connectivity index (χ4v) is 5.20. The number of sulfonamides is 1. The molecule has 1 amide bonds. The monoisotopic (exact) mass is 471 g/mol. The minimum Gasteiger partial charge on any atom is -0.367 e. The number of hydrogen-bond donors (Lipinski definition) is 2. The summed E-state index contributed by atoms with van der Waals surface area (Å²) in [4.78, 5) is 19.8. The van der Waals surface area contributed by atoms with Gasteiger partial charge in [-0.25, -0.2) is 17.7 Å². The van der Waals surface area contributed by atoms with Gasteiger partial charge in [-0.05, 0) is 24.3 Å². The van der Waals surface area contributed by atoms with E-state index >= 15 is 0 Å². The Morgan fingerprint density at radius 1 is 1.12 bits per heavy atom. The van der Waals surface area contributed by atoms with E-state index in [1.807, 2.05) is 24.3 Å². The van der Waals surface area contributed by atoms with Gasteiger partial charge in [0.25, 0.3) is 5.91 Å². The summed E-state index contributed by atoms with van der Waals surface area (Å²) in [6, 6.07) is 14.3. The van der Waals surface area contributed by atoms with Gasteiger partial charge >= 0.3 is 0 Å². The van der Waals surface area contributed by atoms with Crippen LogP contribution in [-0.2, 0) is 10.0 Å². The molecule has 0 bridgehead atoms. The number of hydrogen-bond acceptors (Lipinski definition) is 7. The zero-order valence-electron chi connectivity index (χ0n) is 17.9. The van der Waals surface area contributed by atoms with Crippen molar-refractivity contribution >= 4 is 38.6 Å². The summed E-state index contributed by atoms with van der Waals surface area (Å²) >= 11 is 1.30. The van der Waals surface area contributed by atoms with Crippen LogP contribution in [0.1, 0.15) is 10.5 Å². The molecule has 1 saturated heterocycles. The van der Waals surface area contributed by atoms with Crippen molar-refractivity contribution < 1.29 is 13.2 Å². The average molecular weight is 472 g/mol. The molecular weight excluding hydrogens is 446 g/mol. The second-order valence-corrected chi connectivity index (χ2v) is 10.6. The van der Waals surface area contributed by atoms with Crippen LogP contribution in [0.15, 0.2) is 58.8 Å². The standard InChI is InChI=1S/C22H25N5O3S2/c1-26(2)32(29,30)17-7-5-6-16(14-17)22-25-19(15-31-22)21(28)24-18-8-3-4-9-20(18)27-12-10-23-11-13-27/h3-9,14-15,23H,10-13H2,1-2H3,(H,24,28). The van der Waals surface area contributed by atoms with Crippen LogP contribution in [0.5, 0.6) is 0 Å². The number of piperazine rings is 1. The molecule has 0 saturated carbocycles. The van der Waals surface area contributed by atoms with Crippen molar-refractivity contribution in [2.45, 2.75) is 4.90 Å². The highest BCUT2D eigenvalue weighted by atomic mass is 32.2. The summed E-state index contributed by atoms with van der Waals surface area (Å²) < 4.78 is 26.0. The average Bonchev–Trinajstić information content (AvgIpc) is 3.31. The maximum atomic E-state index is 12.9. The van der Waals surface area contributed by atoms with Gasteiger partial charge in [0.2, 0.25) is 10.0 Å². The third kappa shape index (κ3) is 4.68. The molecule has 168 valence electrons. The molecule has 0 atom stereocenters. The Labute approximate surface area is 191 Å². The van der Waals surface area contributed by atoms with Crippen molar-refractivity contribution in [2.75, 3.05) is 50.5 Å². The first-order valence-electron chi connectivity index (χ1n) is 10.2. The number of aromatic nitrogens is 1. The van der Waals surface area contributed by atoms with Gasteiger partial charge in [-0.2, -0.15) is 0 Å². The van der Waals surface area contributed by atoms with Crippen molar-refractivity contribution in [1.29, 1.82) is 0 Å². The largest absolute Gasteiger partial charge is 0.367 e. The van der Waals surface area contributed by atoms with Gasteiger partial charge in [0, 0.05) is 51.2 Å². The van der Waals surface area contributed by atoms with Crippen LogP contribution in [0.3, 0.4) is 0 Å². The minimum atomic E-state index is -3.55. The molecule has 0 aliphatic carbocycles. The number of carbonyl (C=O) groups is 1. The number of rotatable bonds is 6. The molecule has 0 unspecified atom stereocenters. The Hall–Kier alpha value is -2.79. The third-order valence-electron chi connectivity index (χ3n) is 5.21. The first kappa shape index (κ1) is 22.4. The van der Waals surface area contributed by atoms with E-state index in [1.54, 1.807) is 29.6 Å². The predicted molar refractivity (Wildman–Crippen MR) is 128 cm³/mol. The Balaban J connectivity index is 1.55. The summed E-state index contributed by atoms with van der Waals surface area (Å²) in [5, 5.41) is 8.58. The van der Waals surface area contributed by atoms with E-state index in [0.717, 1.165) is 37.6 Å². The molecule has 1 fully saturated rings. The van der Waals surface area contributed by atoms with Crippen LogP contribution in [0.4, 0.5) is 11.4 Å². The van der Waals surface area contributed by atoms with Gasteiger partial charge in [-0.3, -0.25) is 4.79 Å². The van der Waals surface area contributed by atoms with Crippen LogP contribution in [0.25, 0.3) is 10.6 Å². The lowest BCUT2D eigenvalue weighted by molar-refractivity contribution is 0.102. The molecule has 0 spiro atoms. The van der Waals surface area contributed by atoms with Crippen LogP contribution < -0.4 is 15.5 Å². The van der Waals surface area contributed by atoms with Crippen LogP contribution >= 0.6 is 11.3 Å². The highest BCUT2D eigenvalue weighted by Crippen LogP contribution is 2.29. The Morgan fingerprint density at radius 3 is 2.62 bits per heavy atom. The fraction of sp³-hybridized carbons (Fsp3) is 0.273. The molecule has 32 heavy (non-hydrogen) atoms. The lowest BCUT2D eigenvalue weighted by Gasteiger charge is -2.31. The second kappa shape index (κ2) is 9.37. The Kier molecular flexibility index (Phi) is 6.56. The van der Waals surface area contributed by atoms with Gasteiger partial charge < -0.3 is 15.5 Å². The van der Waals surface area contributed by atoms with Gasteiger partial charge in [-0.15, -0.1) is 11.3 Å². The van der Waals surface area contributed by atoms with Gasteiger partial charge in [0.15, 0.2) is 0 Å². The summed E-state index contributed by atoms with van der Waals surface area (Å²) in [5.41, 5.74) is 2.67. The zero-order chi connectivity index (χ0) is 22.7. The van der Waals surface area contributed by atoms with E-state index in [-0.39, 0.29) is 10.8 Å². The van der Waals surface area contributed by atoms with Crippen molar-refractivity contribution in [3.8, 4) is 10.6 Å². The van der Waals surface area contributed by atoms with Crippen molar-refractivity contribution in [3.63, 3.8) is 0 Å². The minimum absolute atomic E-state index is 0.186. The fourth-order valence-electron chi connectivity index (χ4n) is 3.46. The summed E-state index contributed by atoms with van der Waals surface area (Å²) in [6.45, 7) is 3.56. The van der Waals surface area contributed by atoms with E-state index in [9.17, 15) is 13.2 Å². The first-order chi connectivity index (χ1) is 15.4. The lowest BCUT2D eigenvalue weighted by atomic mass is 10.2. The van der Waals surface area contributed by atoms with E-state index in [0.29, 0.717) is 16.3 Å². The summed E-state index contributed by atoms with van der Waals surface area (Å²) in [6.07, 6.45) is 0. The van der Waals surface area contributed by atoms with E-state index in [4.69, 9.17) is 0 Å². The molecular formula is C22H25N5O3S2. The maximum Gasteiger partial charge on any atom is 0.275 e. The lowest BCUT2D eigenvalue weighted by Crippen LogP contribution is -2.43. The molecule has 10 heteroatoms. The van der Waals surface area contributed by atoms with Gasteiger partial charge in [-0.1, -0.05) is 24.3 Å². The topological polar surface area (TPSA) is 94.6 Å². The molecule has 1 aliphatic heterocycles. The third-order valence-corrected chi connectivity index (χ3v) is 7.91. The number of thiazole rings is 1. The number of benzene rings is 2. The Bertz CT molecular complexity index is 1220. The van der Waals surface area contributed by atoms with Gasteiger partial charge in [0.1, 0.15) is 10.7 Å². The van der Waals surface area contributed by atoms with Gasteiger partial charge in [0.05, 0.1) is 16.3 Å². The second-order valence-electron chi connectivity index (χ2n) is 7.56. The summed E-state index contributed by atoms with van der Waals surface area (Å²) in [5.74, 6) is -0.299. The number of nitrogens with one attached hydrogen (secondary N) is 2. The maximum absolute atomic E-state index is 12.9. The number of carbonyl (C=O) groups excluding carboxylic acids is 1. The SMILES string of the molecule is CN(C)S(=O)(=O)c1cccc(-c2nc(C(=O)Nc3ccccc3N3CCNCC3)cs2)c1. The van der Waals surface area contributed by atoms with Crippen molar-refractivity contribution in [2.24, 2.45) is 0 Å². The van der Waals surface area contributed by atoms with Crippen molar-refractivity contribution in [1.82, 2.24) is 14.6 Å².